The molecule has 16 heteroatoms. The van der Waals surface area contributed by atoms with E-state index >= 15 is 0 Å². The van der Waals surface area contributed by atoms with Crippen molar-refractivity contribution in [1.82, 2.24) is 9.96 Å². The van der Waals surface area contributed by atoms with E-state index in [4.69, 9.17) is 16.2 Å². The molecule has 1 aromatic rings. The first-order valence-electron chi connectivity index (χ1n) is 10.6. The van der Waals surface area contributed by atoms with Crippen LogP contribution < -0.4 is 11.5 Å². The van der Waals surface area contributed by atoms with Crippen molar-refractivity contribution in [2.24, 2.45) is 27.4 Å². The molecular formula is C20H22F6N6O4. The predicted octanol–water partition coefficient (Wildman–Crippen LogP) is 1.36. The van der Waals surface area contributed by atoms with Crippen molar-refractivity contribution in [1.29, 1.82) is 0 Å². The molecule has 36 heavy (non-hydrogen) atoms. The maximum absolute atomic E-state index is 13.5. The van der Waals surface area contributed by atoms with Gasteiger partial charge in [-0.1, -0.05) is 6.92 Å². The molecule has 0 aliphatic carbocycles. The minimum absolute atomic E-state index is 0.0799. The van der Waals surface area contributed by atoms with Crippen LogP contribution in [0.2, 0.25) is 0 Å². The number of rotatable bonds is 3. The second kappa shape index (κ2) is 8.12. The molecule has 0 bridgehead atoms. The molecule has 10 nitrogen and oxygen atoms in total. The van der Waals surface area contributed by atoms with Gasteiger partial charge in [0, 0.05) is 5.92 Å². The van der Waals surface area contributed by atoms with E-state index in [0.29, 0.717) is 5.06 Å². The van der Waals surface area contributed by atoms with E-state index in [2.05, 4.69) is 9.98 Å². The van der Waals surface area contributed by atoms with Crippen LogP contribution in [0.3, 0.4) is 0 Å². The van der Waals surface area contributed by atoms with Crippen molar-refractivity contribution in [3.63, 3.8) is 0 Å². The number of nitrogens with two attached hydrogens (primary N) is 2. The lowest BCUT2D eigenvalue weighted by molar-refractivity contribution is -0.172. The van der Waals surface area contributed by atoms with E-state index < -0.39 is 77.4 Å². The first kappa shape index (κ1) is 25.8. The summed E-state index contributed by atoms with van der Waals surface area (Å²) >= 11 is 0. The van der Waals surface area contributed by atoms with E-state index in [1.807, 2.05) is 0 Å². The van der Waals surface area contributed by atoms with Crippen LogP contribution in [0.1, 0.15) is 35.3 Å². The van der Waals surface area contributed by atoms with Gasteiger partial charge in [0.05, 0.1) is 29.3 Å². The van der Waals surface area contributed by atoms with E-state index in [9.17, 15) is 41.5 Å². The van der Waals surface area contributed by atoms with Crippen molar-refractivity contribution in [2.45, 2.75) is 56.1 Å². The van der Waals surface area contributed by atoms with Gasteiger partial charge >= 0.3 is 18.3 Å². The Labute approximate surface area is 199 Å². The lowest BCUT2D eigenvalue weighted by Gasteiger charge is -2.49. The Morgan fingerprint density at radius 3 is 2.31 bits per heavy atom. The maximum Gasteiger partial charge on any atom is 0.417 e. The third-order valence-electron chi connectivity index (χ3n) is 6.91. The highest BCUT2D eigenvalue weighted by atomic mass is 19.4. The smallest absolute Gasteiger partial charge is 0.417 e. The number of ether oxygens (including phenoxy) is 1. The molecule has 1 spiro atoms. The van der Waals surface area contributed by atoms with Crippen LogP contribution in [0.4, 0.5) is 26.3 Å². The summed E-state index contributed by atoms with van der Waals surface area (Å²) < 4.78 is 85.5. The number of guanidine groups is 2. The summed E-state index contributed by atoms with van der Waals surface area (Å²) in [5.41, 5.74) is 5.85. The van der Waals surface area contributed by atoms with Crippen LogP contribution in [-0.2, 0) is 17.1 Å². The lowest BCUT2D eigenvalue weighted by Crippen LogP contribution is -2.72. The van der Waals surface area contributed by atoms with Gasteiger partial charge in [0.25, 0.3) is 0 Å². The number of hydrogen-bond donors (Lipinski definition) is 4. The molecule has 0 aromatic heterocycles. The highest BCUT2D eigenvalue weighted by Gasteiger charge is 2.70. The summed E-state index contributed by atoms with van der Waals surface area (Å²) in [6.07, 6.45) is -11.5. The largest absolute Gasteiger partial charge is 0.456 e. The van der Waals surface area contributed by atoms with Gasteiger partial charge in [0.15, 0.2) is 11.6 Å². The van der Waals surface area contributed by atoms with E-state index in [0.717, 1.165) is 0 Å². The van der Waals surface area contributed by atoms with Gasteiger partial charge in [-0.3, -0.25) is 5.21 Å². The maximum atomic E-state index is 13.5. The standard InChI is InChI=1S/C20H22F6N6O4/c1-7-13(36-15(34)10-5-9(19(21,22)23)3-4-11(10)20(24,25)26)8(2)31-16(27)29-12(6-33)14-18(7,31)32(35)17(28)30-14/h3-5,7-8,12-14,33,35H,6H2,1-2H3,(H2,27,29)(H2,28,30). The summed E-state index contributed by atoms with van der Waals surface area (Å²) in [6.45, 7) is 2.40. The van der Waals surface area contributed by atoms with Gasteiger partial charge in [-0.05, 0) is 25.1 Å². The molecular weight excluding hydrogens is 502 g/mol. The molecule has 1 aromatic carbocycles. The highest BCUT2D eigenvalue weighted by molar-refractivity contribution is 5.92. The number of aliphatic hydroxyl groups excluding tert-OH is 1. The number of hydrogen-bond acceptors (Lipinski definition) is 10. The van der Waals surface area contributed by atoms with Crippen molar-refractivity contribution in [3.8, 4) is 0 Å². The monoisotopic (exact) mass is 524 g/mol. The second-order valence-electron chi connectivity index (χ2n) is 8.79. The summed E-state index contributed by atoms with van der Waals surface area (Å²) in [6, 6.07) is -2.45. The summed E-state index contributed by atoms with van der Waals surface area (Å²) in [4.78, 5) is 22.6. The molecule has 198 valence electrons. The normalized spacial score (nSPS) is 32.1. The molecule has 0 radical (unpaired) electrons. The van der Waals surface area contributed by atoms with Crippen molar-refractivity contribution in [2.75, 3.05) is 6.61 Å². The SMILES string of the molecule is CC1C(OC(=O)c2cc(C(F)(F)F)ccc2C(F)(F)F)C(C)C23C(N=C(N)N2O)C(CO)N=C(N)N13. The Bertz CT molecular complexity index is 1140. The van der Waals surface area contributed by atoms with Gasteiger partial charge in [-0.15, -0.1) is 0 Å². The molecule has 3 aliphatic rings. The molecule has 3 aliphatic heterocycles. The van der Waals surface area contributed by atoms with Crippen LogP contribution in [-0.4, -0.2) is 74.7 Å². The van der Waals surface area contributed by atoms with E-state index in [1.54, 1.807) is 0 Å². The highest BCUT2D eigenvalue weighted by Crippen LogP contribution is 2.51. The Morgan fingerprint density at radius 2 is 1.75 bits per heavy atom. The zero-order valence-corrected chi connectivity index (χ0v) is 18.7. The number of nitrogens with zero attached hydrogens (tertiary/aromatic N) is 4. The third kappa shape index (κ3) is 3.53. The average molecular weight is 524 g/mol. The van der Waals surface area contributed by atoms with E-state index in [-0.39, 0.29) is 30.1 Å². The van der Waals surface area contributed by atoms with Crippen LogP contribution >= 0.6 is 0 Å². The molecule has 1 fully saturated rings. The Morgan fingerprint density at radius 1 is 1.11 bits per heavy atom. The Balaban J connectivity index is 1.76. The molecule has 6 atom stereocenters. The van der Waals surface area contributed by atoms with Crippen LogP contribution in [0.5, 0.6) is 0 Å². The number of aliphatic hydroxyl groups is 1. The van der Waals surface area contributed by atoms with Gasteiger partial charge in [-0.2, -0.15) is 31.4 Å². The summed E-state index contributed by atoms with van der Waals surface area (Å²) in [5.74, 6) is -3.19. The molecule has 1 saturated heterocycles. The molecule has 0 amide bonds. The Kier molecular flexibility index (Phi) is 5.83. The first-order valence-corrected chi connectivity index (χ1v) is 10.6. The van der Waals surface area contributed by atoms with Gasteiger partial charge in [0.1, 0.15) is 18.2 Å². The summed E-state index contributed by atoms with van der Waals surface area (Å²) in [7, 11) is 0. The van der Waals surface area contributed by atoms with Crippen LogP contribution in [0.25, 0.3) is 0 Å². The number of alkyl halides is 6. The van der Waals surface area contributed by atoms with Gasteiger partial charge < -0.3 is 26.2 Å². The number of hydroxylamine groups is 2. The van der Waals surface area contributed by atoms with Crippen molar-refractivity contribution in [3.05, 3.63) is 34.9 Å². The quantitative estimate of drug-likeness (QED) is 0.342. The Hall–Kier alpha value is -3.27. The lowest BCUT2D eigenvalue weighted by atomic mass is 9.82. The summed E-state index contributed by atoms with van der Waals surface area (Å²) in [5, 5.41) is 21.2. The fraction of sp³-hybridized carbons (Fsp3) is 0.550. The topological polar surface area (TPSA) is 150 Å². The first-order chi connectivity index (χ1) is 16.6. The third-order valence-corrected chi connectivity index (χ3v) is 6.91. The zero-order valence-electron chi connectivity index (χ0n) is 18.7. The molecule has 6 unspecified atom stereocenters. The number of benzene rings is 1. The molecule has 3 heterocycles. The van der Waals surface area contributed by atoms with Gasteiger partial charge in [0.2, 0.25) is 5.96 Å². The molecule has 0 saturated carbocycles. The number of carbonyl (C=O) groups is 1. The number of halogens is 6. The average Bonchev–Trinajstić information content (AvgIpc) is 3.17. The number of aliphatic imine (C=N–C) groups is 2. The van der Waals surface area contributed by atoms with Crippen molar-refractivity contribution >= 4 is 17.9 Å². The minimum atomic E-state index is -5.15. The second-order valence-corrected chi connectivity index (χ2v) is 8.79. The zero-order chi connectivity index (χ0) is 27.0. The van der Waals surface area contributed by atoms with Gasteiger partial charge in [-0.25, -0.2) is 14.8 Å². The minimum Gasteiger partial charge on any atom is -0.456 e. The van der Waals surface area contributed by atoms with Crippen LogP contribution in [0, 0.1) is 5.92 Å². The predicted molar refractivity (Wildman–Crippen MR) is 110 cm³/mol. The number of esters is 1. The fourth-order valence-electron chi connectivity index (χ4n) is 5.39. The molecule has 4 rings (SSSR count). The van der Waals surface area contributed by atoms with Crippen LogP contribution in [0.15, 0.2) is 28.2 Å². The fourth-order valence-corrected chi connectivity index (χ4v) is 5.39. The number of carbonyl (C=O) groups excluding carboxylic acids is 1. The van der Waals surface area contributed by atoms with Crippen molar-refractivity contribution < 1.29 is 46.2 Å². The van der Waals surface area contributed by atoms with E-state index in [1.165, 1.54) is 18.7 Å². The molecule has 6 N–H and O–H groups in total.